The van der Waals surface area contributed by atoms with Gasteiger partial charge in [0.05, 0.1) is 11.4 Å². The summed E-state index contributed by atoms with van der Waals surface area (Å²) in [5, 5.41) is 0. The Morgan fingerprint density at radius 1 is 1.26 bits per heavy atom. The van der Waals surface area contributed by atoms with Crippen molar-refractivity contribution in [1.82, 2.24) is 4.31 Å². The summed E-state index contributed by atoms with van der Waals surface area (Å²) in [5.41, 5.74) is 6.05. The van der Waals surface area contributed by atoms with Crippen molar-refractivity contribution in [3.8, 4) is 11.8 Å². The first-order valence-electron chi connectivity index (χ1n) is 6.13. The topological polar surface area (TPSA) is 63.4 Å². The van der Waals surface area contributed by atoms with Gasteiger partial charge in [0, 0.05) is 19.2 Å². The molecule has 0 aromatic heterocycles. The summed E-state index contributed by atoms with van der Waals surface area (Å²) >= 11 is 0. The maximum absolute atomic E-state index is 12.3. The molecule has 0 aliphatic heterocycles. The number of nitrogens with zero attached hydrogens (tertiary/aromatic N) is 1. The number of rotatable bonds is 4. The average molecular weight is 280 g/mol. The quantitative estimate of drug-likeness (QED) is 0.845. The third-order valence-electron chi connectivity index (χ3n) is 2.52. The standard InChI is InChI=1S/C14H20N2O2S/c1-12(2)11-16(3)19(17,18)14-8-6-13(7-9-14)5-4-10-15/h6-9,12H,10-11,15H2,1-3H3. The Bertz CT molecular complexity index is 566. The van der Waals surface area contributed by atoms with Crippen LogP contribution in [0.25, 0.3) is 0 Å². The van der Waals surface area contributed by atoms with Crippen LogP contribution in [-0.2, 0) is 10.0 Å². The normalized spacial score (nSPS) is 11.5. The second-order valence-corrected chi connectivity index (χ2v) is 6.75. The van der Waals surface area contributed by atoms with E-state index in [4.69, 9.17) is 5.73 Å². The molecule has 0 saturated carbocycles. The summed E-state index contributed by atoms with van der Waals surface area (Å²) in [7, 11) is -1.82. The Labute approximate surface area is 115 Å². The fourth-order valence-corrected chi connectivity index (χ4v) is 2.99. The molecule has 4 nitrogen and oxygen atoms in total. The van der Waals surface area contributed by atoms with Gasteiger partial charge in [0.2, 0.25) is 10.0 Å². The molecule has 1 rings (SSSR count). The van der Waals surface area contributed by atoms with Crippen molar-refractivity contribution in [2.24, 2.45) is 11.7 Å². The van der Waals surface area contributed by atoms with E-state index in [1.807, 2.05) is 13.8 Å². The first kappa shape index (κ1) is 15.7. The Morgan fingerprint density at radius 2 is 1.84 bits per heavy atom. The van der Waals surface area contributed by atoms with E-state index in [2.05, 4.69) is 11.8 Å². The van der Waals surface area contributed by atoms with Crippen LogP contribution in [0.3, 0.4) is 0 Å². The molecule has 0 unspecified atom stereocenters. The van der Waals surface area contributed by atoms with Crippen LogP contribution in [0.1, 0.15) is 19.4 Å². The molecule has 5 heteroatoms. The molecule has 0 spiro atoms. The maximum Gasteiger partial charge on any atom is 0.242 e. The highest BCUT2D eigenvalue weighted by Gasteiger charge is 2.20. The van der Waals surface area contributed by atoms with Crippen LogP contribution in [0.15, 0.2) is 29.2 Å². The van der Waals surface area contributed by atoms with Crippen molar-refractivity contribution in [1.29, 1.82) is 0 Å². The van der Waals surface area contributed by atoms with E-state index in [-0.39, 0.29) is 17.4 Å². The van der Waals surface area contributed by atoms with E-state index >= 15 is 0 Å². The van der Waals surface area contributed by atoms with Gasteiger partial charge in [-0.15, -0.1) is 0 Å². The molecule has 104 valence electrons. The van der Waals surface area contributed by atoms with Crippen LogP contribution in [-0.4, -0.2) is 32.9 Å². The highest BCUT2D eigenvalue weighted by molar-refractivity contribution is 7.89. The van der Waals surface area contributed by atoms with Gasteiger partial charge in [-0.2, -0.15) is 0 Å². The third kappa shape index (κ3) is 4.35. The molecule has 0 aliphatic carbocycles. The minimum atomic E-state index is -3.41. The van der Waals surface area contributed by atoms with Crippen LogP contribution in [0.4, 0.5) is 0 Å². The lowest BCUT2D eigenvalue weighted by atomic mass is 10.2. The Balaban J connectivity index is 2.96. The first-order valence-corrected chi connectivity index (χ1v) is 7.57. The number of nitrogens with two attached hydrogens (primary N) is 1. The van der Waals surface area contributed by atoms with Gasteiger partial charge >= 0.3 is 0 Å². The monoisotopic (exact) mass is 280 g/mol. The van der Waals surface area contributed by atoms with Gasteiger partial charge in [-0.1, -0.05) is 25.7 Å². The van der Waals surface area contributed by atoms with Gasteiger partial charge in [0.25, 0.3) is 0 Å². The van der Waals surface area contributed by atoms with Crippen LogP contribution in [0.5, 0.6) is 0 Å². The van der Waals surface area contributed by atoms with Gasteiger partial charge in [0.1, 0.15) is 0 Å². The summed E-state index contributed by atoms with van der Waals surface area (Å²) in [5.74, 6) is 5.88. The molecule has 0 aliphatic rings. The van der Waals surface area contributed by atoms with Crippen molar-refractivity contribution in [3.05, 3.63) is 29.8 Å². The van der Waals surface area contributed by atoms with Crippen molar-refractivity contribution in [2.75, 3.05) is 20.1 Å². The molecule has 0 bridgehead atoms. The smallest absolute Gasteiger partial charge is 0.242 e. The number of hydrogen-bond acceptors (Lipinski definition) is 3. The fraction of sp³-hybridized carbons (Fsp3) is 0.429. The van der Waals surface area contributed by atoms with Crippen LogP contribution in [0.2, 0.25) is 0 Å². The van der Waals surface area contributed by atoms with Gasteiger partial charge in [-0.3, -0.25) is 0 Å². The zero-order valence-electron chi connectivity index (χ0n) is 11.6. The van der Waals surface area contributed by atoms with Crippen molar-refractivity contribution >= 4 is 10.0 Å². The maximum atomic E-state index is 12.3. The van der Waals surface area contributed by atoms with Crippen molar-refractivity contribution < 1.29 is 8.42 Å². The molecule has 0 amide bonds. The van der Waals surface area contributed by atoms with E-state index in [0.717, 1.165) is 5.56 Å². The fourth-order valence-electron chi connectivity index (χ4n) is 1.66. The molecule has 0 fully saturated rings. The van der Waals surface area contributed by atoms with Crippen LogP contribution >= 0.6 is 0 Å². The molecule has 0 atom stereocenters. The minimum absolute atomic E-state index is 0.286. The van der Waals surface area contributed by atoms with Crippen LogP contribution < -0.4 is 5.73 Å². The Morgan fingerprint density at radius 3 is 2.32 bits per heavy atom. The van der Waals surface area contributed by atoms with Gasteiger partial charge in [-0.25, -0.2) is 12.7 Å². The molecule has 19 heavy (non-hydrogen) atoms. The van der Waals surface area contributed by atoms with Gasteiger partial charge < -0.3 is 5.73 Å². The third-order valence-corrected chi connectivity index (χ3v) is 4.36. The van der Waals surface area contributed by atoms with E-state index in [1.54, 1.807) is 31.3 Å². The average Bonchev–Trinajstić information content (AvgIpc) is 2.36. The number of benzene rings is 1. The highest BCUT2D eigenvalue weighted by Crippen LogP contribution is 2.16. The largest absolute Gasteiger partial charge is 0.320 e. The summed E-state index contributed by atoms with van der Waals surface area (Å²) in [6.45, 7) is 4.75. The van der Waals surface area contributed by atoms with E-state index in [9.17, 15) is 8.42 Å². The molecular weight excluding hydrogens is 260 g/mol. The number of hydrogen-bond donors (Lipinski definition) is 1. The summed E-state index contributed by atoms with van der Waals surface area (Å²) in [6, 6.07) is 6.54. The molecule has 0 heterocycles. The summed E-state index contributed by atoms with van der Waals surface area (Å²) in [6.07, 6.45) is 0. The lowest BCUT2D eigenvalue weighted by Gasteiger charge is -2.19. The van der Waals surface area contributed by atoms with Crippen molar-refractivity contribution in [2.45, 2.75) is 18.7 Å². The Kier molecular flexibility index (Phi) is 5.55. The van der Waals surface area contributed by atoms with E-state index < -0.39 is 10.0 Å². The number of sulfonamides is 1. The second kappa shape index (κ2) is 6.71. The molecule has 1 aromatic rings. The molecular formula is C14H20N2O2S. The summed E-state index contributed by atoms with van der Waals surface area (Å²) in [4.78, 5) is 0.286. The summed E-state index contributed by atoms with van der Waals surface area (Å²) < 4.78 is 25.9. The van der Waals surface area contributed by atoms with E-state index in [1.165, 1.54) is 4.31 Å². The second-order valence-electron chi connectivity index (χ2n) is 4.71. The zero-order valence-corrected chi connectivity index (χ0v) is 12.4. The molecule has 0 saturated heterocycles. The minimum Gasteiger partial charge on any atom is -0.320 e. The lowest BCUT2D eigenvalue weighted by molar-refractivity contribution is 0.417. The van der Waals surface area contributed by atoms with Crippen LogP contribution in [0, 0.1) is 17.8 Å². The van der Waals surface area contributed by atoms with Gasteiger partial charge in [-0.05, 0) is 30.2 Å². The zero-order chi connectivity index (χ0) is 14.5. The van der Waals surface area contributed by atoms with Gasteiger partial charge in [0.15, 0.2) is 0 Å². The Hall–Kier alpha value is -1.35. The highest BCUT2D eigenvalue weighted by atomic mass is 32.2. The molecule has 2 N–H and O–H groups in total. The SMILES string of the molecule is CC(C)CN(C)S(=O)(=O)c1ccc(C#CCN)cc1. The molecule has 1 aromatic carbocycles. The predicted octanol–water partition coefficient (Wildman–Crippen LogP) is 1.27. The first-order chi connectivity index (χ1) is 8.87. The predicted molar refractivity (Wildman–Crippen MR) is 77.0 cm³/mol. The van der Waals surface area contributed by atoms with Crippen molar-refractivity contribution in [3.63, 3.8) is 0 Å². The lowest BCUT2D eigenvalue weighted by Crippen LogP contribution is -2.30. The molecule has 0 radical (unpaired) electrons. The van der Waals surface area contributed by atoms with E-state index in [0.29, 0.717) is 6.54 Å².